The van der Waals surface area contributed by atoms with Crippen LogP contribution >= 0.6 is 12.2 Å². The van der Waals surface area contributed by atoms with Crippen LogP contribution in [0.2, 0.25) is 0 Å². The third-order valence-corrected chi connectivity index (χ3v) is 2.82. The van der Waals surface area contributed by atoms with Crippen LogP contribution in [-0.2, 0) is 6.54 Å². The van der Waals surface area contributed by atoms with Crippen molar-refractivity contribution in [3.8, 4) is 0 Å². The van der Waals surface area contributed by atoms with E-state index in [1.54, 1.807) is 12.4 Å². The van der Waals surface area contributed by atoms with Crippen LogP contribution in [-0.4, -0.2) is 26.5 Å². The van der Waals surface area contributed by atoms with Crippen LogP contribution in [0, 0.1) is 5.82 Å². The molecule has 7 heteroatoms. The fourth-order valence-corrected chi connectivity index (χ4v) is 1.77. The topological polar surface area (TPSA) is 67.9 Å². The molecule has 0 saturated carbocycles. The summed E-state index contributed by atoms with van der Waals surface area (Å²) in [5.74, 6) is -0.0315. The van der Waals surface area contributed by atoms with Gasteiger partial charge in [0.15, 0.2) is 5.82 Å². The molecule has 0 saturated heterocycles. The van der Waals surface area contributed by atoms with Crippen LogP contribution in [0.1, 0.15) is 12.0 Å². The number of pyridine rings is 1. The van der Waals surface area contributed by atoms with Crippen LogP contribution < -0.4 is 10.6 Å². The van der Waals surface area contributed by atoms with E-state index in [0.29, 0.717) is 30.4 Å². The van der Waals surface area contributed by atoms with Gasteiger partial charge in [0.1, 0.15) is 0 Å². The van der Waals surface area contributed by atoms with E-state index in [-0.39, 0.29) is 0 Å². The highest BCUT2D eigenvalue weighted by atomic mass is 32.1. The van der Waals surface area contributed by atoms with Gasteiger partial charge < -0.3 is 10.6 Å². The maximum atomic E-state index is 12.9. The monoisotopic (exact) mass is 291 g/mol. The van der Waals surface area contributed by atoms with Crippen molar-refractivity contribution in [2.24, 2.45) is 5.73 Å². The van der Waals surface area contributed by atoms with Gasteiger partial charge in [-0.25, -0.2) is 14.4 Å². The van der Waals surface area contributed by atoms with Gasteiger partial charge in [-0.1, -0.05) is 18.3 Å². The van der Waals surface area contributed by atoms with Crippen LogP contribution in [0.5, 0.6) is 0 Å². The molecule has 20 heavy (non-hydrogen) atoms. The SMILES string of the molecule is NC(=S)CCN(Cc1cccnc1)c1ncc(F)cn1. The summed E-state index contributed by atoms with van der Waals surface area (Å²) < 4.78 is 12.9. The molecule has 0 aliphatic heterocycles. The summed E-state index contributed by atoms with van der Waals surface area (Å²) in [6, 6.07) is 3.80. The van der Waals surface area contributed by atoms with Gasteiger partial charge >= 0.3 is 0 Å². The van der Waals surface area contributed by atoms with Crippen molar-refractivity contribution in [1.29, 1.82) is 0 Å². The Hall–Kier alpha value is -2.15. The van der Waals surface area contributed by atoms with Gasteiger partial charge in [0.2, 0.25) is 5.95 Å². The van der Waals surface area contributed by atoms with E-state index in [1.165, 1.54) is 0 Å². The minimum Gasteiger partial charge on any atom is -0.393 e. The third kappa shape index (κ3) is 4.20. The van der Waals surface area contributed by atoms with Crippen LogP contribution in [0.15, 0.2) is 36.9 Å². The summed E-state index contributed by atoms with van der Waals surface area (Å²) in [4.78, 5) is 14.3. The number of nitrogens with zero attached hydrogens (tertiary/aromatic N) is 4. The average molecular weight is 291 g/mol. The second-order valence-electron chi connectivity index (χ2n) is 4.20. The average Bonchev–Trinajstić information content (AvgIpc) is 2.45. The van der Waals surface area contributed by atoms with Crippen LogP contribution in [0.4, 0.5) is 10.3 Å². The number of halogens is 1. The summed E-state index contributed by atoms with van der Waals surface area (Å²) >= 11 is 4.89. The van der Waals surface area contributed by atoms with E-state index >= 15 is 0 Å². The van der Waals surface area contributed by atoms with Gasteiger partial charge in [-0.15, -0.1) is 0 Å². The van der Waals surface area contributed by atoms with Gasteiger partial charge in [0.25, 0.3) is 0 Å². The molecular weight excluding hydrogens is 277 g/mol. The number of hydrogen-bond acceptors (Lipinski definition) is 5. The molecule has 2 aromatic heterocycles. The Bertz CT molecular complexity index is 561. The third-order valence-electron chi connectivity index (χ3n) is 2.61. The zero-order valence-electron chi connectivity index (χ0n) is 10.7. The summed E-state index contributed by atoms with van der Waals surface area (Å²) in [5.41, 5.74) is 6.53. The standard InChI is InChI=1S/C13H14FN5S/c14-11-7-17-13(18-8-11)19(5-3-12(15)20)9-10-2-1-4-16-6-10/h1-2,4,6-8H,3,5,9H2,(H2,15,20). The fourth-order valence-electron chi connectivity index (χ4n) is 1.68. The van der Waals surface area contributed by atoms with Crippen molar-refractivity contribution >= 4 is 23.2 Å². The van der Waals surface area contributed by atoms with Crippen molar-refractivity contribution in [3.63, 3.8) is 0 Å². The zero-order valence-corrected chi connectivity index (χ0v) is 11.6. The molecule has 0 spiro atoms. The molecule has 0 aliphatic rings. The van der Waals surface area contributed by atoms with Crippen molar-refractivity contribution in [2.45, 2.75) is 13.0 Å². The van der Waals surface area contributed by atoms with Gasteiger partial charge in [0.05, 0.1) is 17.4 Å². The van der Waals surface area contributed by atoms with Gasteiger partial charge in [-0.2, -0.15) is 0 Å². The fraction of sp³-hybridized carbons (Fsp3) is 0.231. The van der Waals surface area contributed by atoms with E-state index in [0.717, 1.165) is 18.0 Å². The number of thiocarbonyl (C=S) groups is 1. The molecule has 0 fully saturated rings. The molecule has 0 bridgehead atoms. The molecule has 0 radical (unpaired) electrons. The van der Waals surface area contributed by atoms with Gasteiger partial charge in [-0.05, 0) is 11.6 Å². The smallest absolute Gasteiger partial charge is 0.225 e. The van der Waals surface area contributed by atoms with Crippen LogP contribution in [0.3, 0.4) is 0 Å². The first-order chi connectivity index (χ1) is 9.65. The first kappa shape index (κ1) is 14.3. The summed E-state index contributed by atoms with van der Waals surface area (Å²) in [6.45, 7) is 1.12. The maximum absolute atomic E-state index is 12.9. The number of anilines is 1. The van der Waals surface area contributed by atoms with Crippen molar-refractivity contribution in [2.75, 3.05) is 11.4 Å². The Labute approximate surface area is 121 Å². The lowest BCUT2D eigenvalue weighted by Gasteiger charge is -2.22. The molecule has 0 aromatic carbocycles. The van der Waals surface area contributed by atoms with E-state index in [1.807, 2.05) is 17.0 Å². The minimum absolute atomic E-state index is 0.420. The molecule has 0 unspecified atom stereocenters. The summed E-state index contributed by atoms with van der Waals surface area (Å²) in [5, 5.41) is 0. The molecule has 2 heterocycles. The number of hydrogen-bond donors (Lipinski definition) is 1. The molecule has 0 amide bonds. The highest BCUT2D eigenvalue weighted by molar-refractivity contribution is 7.80. The summed E-state index contributed by atoms with van der Waals surface area (Å²) in [7, 11) is 0. The molecule has 104 valence electrons. The first-order valence-electron chi connectivity index (χ1n) is 6.05. The lowest BCUT2D eigenvalue weighted by molar-refractivity contribution is 0.610. The summed E-state index contributed by atoms with van der Waals surface area (Å²) in [6.07, 6.45) is 6.28. The van der Waals surface area contributed by atoms with Gasteiger partial charge in [-0.3, -0.25) is 4.98 Å². The highest BCUT2D eigenvalue weighted by Crippen LogP contribution is 2.12. The molecule has 2 N–H and O–H groups in total. The molecule has 0 atom stereocenters. The second kappa shape index (κ2) is 6.85. The minimum atomic E-state index is -0.468. The molecule has 5 nitrogen and oxygen atoms in total. The molecule has 0 aliphatic carbocycles. The van der Waals surface area contributed by atoms with E-state index < -0.39 is 5.82 Å². The molecular formula is C13H14FN5S. The van der Waals surface area contributed by atoms with Crippen molar-refractivity contribution in [3.05, 3.63) is 48.3 Å². The second-order valence-corrected chi connectivity index (χ2v) is 4.72. The van der Waals surface area contributed by atoms with Crippen molar-refractivity contribution < 1.29 is 4.39 Å². The van der Waals surface area contributed by atoms with E-state index in [4.69, 9.17) is 18.0 Å². The van der Waals surface area contributed by atoms with E-state index in [9.17, 15) is 4.39 Å². The van der Waals surface area contributed by atoms with Gasteiger partial charge in [0, 0.05) is 31.9 Å². The number of aromatic nitrogens is 3. The lowest BCUT2D eigenvalue weighted by Crippen LogP contribution is -2.28. The normalized spacial score (nSPS) is 10.2. The zero-order chi connectivity index (χ0) is 14.4. The maximum Gasteiger partial charge on any atom is 0.225 e. The molecule has 2 aromatic rings. The Balaban J connectivity index is 2.15. The quantitative estimate of drug-likeness (QED) is 0.817. The predicted octanol–water partition coefficient (Wildman–Crippen LogP) is 1.69. The van der Waals surface area contributed by atoms with E-state index in [2.05, 4.69) is 15.0 Å². The lowest BCUT2D eigenvalue weighted by atomic mass is 10.2. The first-order valence-corrected chi connectivity index (χ1v) is 6.45. The Morgan fingerprint density at radius 2 is 2.05 bits per heavy atom. The van der Waals surface area contributed by atoms with Crippen LogP contribution in [0.25, 0.3) is 0 Å². The number of rotatable bonds is 6. The Morgan fingerprint density at radius 1 is 1.30 bits per heavy atom. The molecule has 2 rings (SSSR count). The van der Waals surface area contributed by atoms with Crippen molar-refractivity contribution in [1.82, 2.24) is 15.0 Å². The Morgan fingerprint density at radius 3 is 2.65 bits per heavy atom. The largest absolute Gasteiger partial charge is 0.393 e. The Kier molecular flexibility index (Phi) is 4.89. The predicted molar refractivity (Wildman–Crippen MR) is 78.7 cm³/mol. The highest BCUT2D eigenvalue weighted by Gasteiger charge is 2.11. The number of nitrogens with two attached hydrogens (primary N) is 1.